The summed E-state index contributed by atoms with van der Waals surface area (Å²) < 4.78 is 2.07. The number of rotatable bonds is 4. The van der Waals surface area contributed by atoms with Gasteiger partial charge in [0.1, 0.15) is 22.7 Å². The number of aromatic amines is 2. The summed E-state index contributed by atoms with van der Waals surface area (Å²) in [5.74, 6) is 1.66. The number of nitrogens with zero attached hydrogens (tertiary/aromatic N) is 5. The summed E-state index contributed by atoms with van der Waals surface area (Å²) in [5, 5.41) is 8.62. The second-order valence-corrected chi connectivity index (χ2v) is 9.03. The standard InChI is InChI=1S/C24H19N7OS/c1-12(32)19-6-7-20(33-19)23-22-17(8-9-25-23)27-24(28-22)21-15-10-14(4-5-16(15)29-30-21)18-11-26-13(2)31(18)3/h4-11H,1-3H3,(H,27,28)(H,29,30). The number of ketones is 1. The van der Waals surface area contributed by atoms with Gasteiger partial charge in [0, 0.05) is 24.2 Å². The molecule has 0 aliphatic carbocycles. The summed E-state index contributed by atoms with van der Waals surface area (Å²) >= 11 is 1.43. The van der Waals surface area contributed by atoms with Crippen LogP contribution >= 0.6 is 11.3 Å². The van der Waals surface area contributed by atoms with Crippen molar-refractivity contribution in [3.05, 3.63) is 59.5 Å². The van der Waals surface area contributed by atoms with Gasteiger partial charge in [-0.1, -0.05) is 6.07 Å². The number of imidazole rings is 2. The van der Waals surface area contributed by atoms with Crippen molar-refractivity contribution >= 4 is 39.1 Å². The first-order chi connectivity index (χ1) is 16.0. The Morgan fingerprint density at radius 2 is 1.94 bits per heavy atom. The maximum Gasteiger partial charge on any atom is 0.169 e. The lowest BCUT2D eigenvalue weighted by Gasteiger charge is -2.04. The number of benzene rings is 1. The van der Waals surface area contributed by atoms with E-state index in [0.717, 1.165) is 55.3 Å². The number of hydrogen-bond donors (Lipinski definition) is 2. The second-order valence-electron chi connectivity index (χ2n) is 7.94. The number of nitrogens with one attached hydrogen (secondary N) is 2. The van der Waals surface area contributed by atoms with Gasteiger partial charge in [-0.2, -0.15) is 5.10 Å². The molecule has 5 heterocycles. The van der Waals surface area contributed by atoms with Gasteiger partial charge in [0.05, 0.1) is 32.7 Å². The number of aromatic nitrogens is 7. The zero-order chi connectivity index (χ0) is 22.7. The van der Waals surface area contributed by atoms with E-state index in [9.17, 15) is 4.79 Å². The molecular weight excluding hydrogens is 434 g/mol. The van der Waals surface area contributed by atoms with Gasteiger partial charge < -0.3 is 9.55 Å². The molecule has 0 bridgehead atoms. The molecule has 0 saturated carbocycles. The largest absolute Gasteiger partial charge is 0.336 e. The first-order valence-corrected chi connectivity index (χ1v) is 11.2. The van der Waals surface area contributed by atoms with Crippen LogP contribution in [0.15, 0.2) is 48.8 Å². The molecule has 2 N–H and O–H groups in total. The van der Waals surface area contributed by atoms with Crippen molar-refractivity contribution in [3.8, 4) is 33.3 Å². The van der Waals surface area contributed by atoms with Crippen LogP contribution in [-0.4, -0.2) is 40.5 Å². The highest BCUT2D eigenvalue weighted by molar-refractivity contribution is 7.17. The molecule has 33 heavy (non-hydrogen) atoms. The zero-order valence-electron chi connectivity index (χ0n) is 18.2. The van der Waals surface area contributed by atoms with Gasteiger partial charge in [0.2, 0.25) is 0 Å². The van der Waals surface area contributed by atoms with E-state index < -0.39 is 0 Å². The molecule has 162 valence electrons. The first kappa shape index (κ1) is 19.6. The minimum Gasteiger partial charge on any atom is -0.336 e. The molecule has 0 aliphatic rings. The fraction of sp³-hybridized carbons (Fsp3) is 0.125. The van der Waals surface area contributed by atoms with Crippen LogP contribution in [0, 0.1) is 6.92 Å². The zero-order valence-corrected chi connectivity index (χ0v) is 19.0. The number of pyridine rings is 1. The summed E-state index contributed by atoms with van der Waals surface area (Å²) in [6, 6.07) is 11.8. The Hall–Kier alpha value is -4.11. The van der Waals surface area contributed by atoms with Crippen LogP contribution in [0.4, 0.5) is 0 Å². The fourth-order valence-electron chi connectivity index (χ4n) is 4.01. The highest BCUT2D eigenvalue weighted by Gasteiger charge is 2.18. The van der Waals surface area contributed by atoms with Gasteiger partial charge in [0.15, 0.2) is 11.6 Å². The Morgan fingerprint density at radius 3 is 2.70 bits per heavy atom. The average Bonchev–Trinajstić information content (AvgIpc) is 3.59. The summed E-state index contributed by atoms with van der Waals surface area (Å²) in [6.07, 6.45) is 3.63. The lowest BCUT2D eigenvalue weighted by Crippen LogP contribution is -1.94. The molecule has 0 saturated heterocycles. The summed E-state index contributed by atoms with van der Waals surface area (Å²) in [7, 11) is 2.01. The quantitative estimate of drug-likeness (QED) is 0.360. The molecule has 6 aromatic rings. The number of carbonyl (C=O) groups excluding carboxylic acids is 1. The summed E-state index contributed by atoms with van der Waals surface area (Å²) in [6.45, 7) is 3.55. The van der Waals surface area contributed by atoms with Crippen molar-refractivity contribution in [1.82, 2.24) is 34.7 Å². The molecule has 0 fully saturated rings. The molecule has 0 spiro atoms. The van der Waals surface area contributed by atoms with Gasteiger partial charge in [-0.05, 0) is 44.2 Å². The van der Waals surface area contributed by atoms with Crippen molar-refractivity contribution < 1.29 is 4.79 Å². The predicted molar refractivity (Wildman–Crippen MR) is 129 cm³/mol. The number of aryl methyl sites for hydroxylation is 1. The van der Waals surface area contributed by atoms with Gasteiger partial charge in [-0.25, -0.2) is 9.97 Å². The predicted octanol–water partition coefficient (Wildman–Crippen LogP) is 5.14. The Morgan fingerprint density at radius 1 is 1.06 bits per heavy atom. The van der Waals surface area contributed by atoms with Crippen LogP contribution in [0.5, 0.6) is 0 Å². The second kappa shape index (κ2) is 7.21. The topological polar surface area (TPSA) is 105 Å². The van der Waals surface area contributed by atoms with Crippen LogP contribution in [0.2, 0.25) is 0 Å². The molecule has 0 radical (unpaired) electrons. The van der Waals surface area contributed by atoms with Crippen LogP contribution < -0.4 is 0 Å². The highest BCUT2D eigenvalue weighted by atomic mass is 32.1. The van der Waals surface area contributed by atoms with Gasteiger partial charge in [-0.3, -0.25) is 14.9 Å². The lowest BCUT2D eigenvalue weighted by atomic mass is 10.1. The van der Waals surface area contributed by atoms with E-state index in [1.165, 1.54) is 11.3 Å². The molecule has 9 heteroatoms. The van der Waals surface area contributed by atoms with E-state index in [1.54, 1.807) is 13.1 Å². The minimum atomic E-state index is 0.0450. The Balaban J connectivity index is 1.49. The van der Waals surface area contributed by atoms with E-state index in [1.807, 2.05) is 44.4 Å². The normalized spacial score (nSPS) is 11.6. The van der Waals surface area contributed by atoms with Crippen molar-refractivity contribution in [2.24, 2.45) is 7.05 Å². The van der Waals surface area contributed by atoms with E-state index in [0.29, 0.717) is 10.7 Å². The van der Waals surface area contributed by atoms with Crippen molar-refractivity contribution in [2.75, 3.05) is 0 Å². The van der Waals surface area contributed by atoms with E-state index in [2.05, 4.69) is 41.8 Å². The molecule has 0 unspecified atom stereocenters. The van der Waals surface area contributed by atoms with Gasteiger partial charge in [0.25, 0.3) is 0 Å². The van der Waals surface area contributed by atoms with Crippen molar-refractivity contribution in [2.45, 2.75) is 13.8 Å². The molecule has 6 rings (SSSR count). The Labute approximate surface area is 192 Å². The lowest BCUT2D eigenvalue weighted by molar-refractivity contribution is 0.102. The number of fused-ring (bicyclic) bond motifs is 2. The molecule has 5 aromatic heterocycles. The number of hydrogen-bond acceptors (Lipinski definition) is 6. The Kier molecular flexibility index (Phi) is 4.27. The van der Waals surface area contributed by atoms with Crippen LogP contribution in [0.3, 0.4) is 0 Å². The molecule has 1 aromatic carbocycles. The SMILES string of the molecule is CC(=O)c1ccc(-c2nccc3[nH]c(-c4n[nH]c5ccc(-c6cnc(C)n6C)cc45)nc23)s1. The maximum atomic E-state index is 11.7. The monoisotopic (exact) mass is 453 g/mol. The van der Waals surface area contributed by atoms with E-state index in [4.69, 9.17) is 4.98 Å². The van der Waals surface area contributed by atoms with Gasteiger partial charge >= 0.3 is 0 Å². The summed E-state index contributed by atoms with van der Waals surface area (Å²) in [5.41, 5.74) is 6.12. The number of H-pyrrole nitrogens is 2. The third-order valence-corrected chi connectivity index (χ3v) is 7.08. The van der Waals surface area contributed by atoms with E-state index in [-0.39, 0.29) is 5.78 Å². The third-order valence-electron chi connectivity index (χ3n) is 5.89. The van der Waals surface area contributed by atoms with Gasteiger partial charge in [-0.15, -0.1) is 11.3 Å². The van der Waals surface area contributed by atoms with Crippen LogP contribution in [0.25, 0.3) is 55.3 Å². The van der Waals surface area contributed by atoms with Crippen LogP contribution in [0.1, 0.15) is 22.4 Å². The number of carbonyl (C=O) groups is 1. The van der Waals surface area contributed by atoms with Crippen molar-refractivity contribution in [1.29, 1.82) is 0 Å². The molecule has 0 aliphatic heterocycles. The first-order valence-electron chi connectivity index (χ1n) is 10.4. The molecular formula is C24H19N7OS. The van der Waals surface area contributed by atoms with Crippen LogP contribution in [-0.2, 0) is 7.05 Å². The fourth-order valence-corrected chi connectivity index (χ4v) is 4.91. The average molecular weight is 454 g/mol. The smallest absolute Gasteiger partial charge is 0.169 e. The minimum absolute atomic E-state index is 0.0450. The maximum absolute atomic E-state index is 11.7. The Bertz CT molecular complexity index is 1680. The summed E-state index contributed by atoms with van der Waals surface area (Å²) in [4.78, 5) is 30.6. The number of Topliss-reactive ketones (excluding diaryl/α,β-unsaturated/α-hetero) is 1. The third kappa shape index (κ3) is 3.08. The molecule has 0 amide bonds. The molecule has 0 atom stereocenters. The van der Waals surface area contributed by atoms with Crippen molar-refractivity contribution in [3.63, 3.8) is 0 Å². The van der Waals surface area contributed by atoms with E-state index >= 15 is 0 Å². The number of thiophene rings is 1. The highest BCUT2D eigenvalue weighted by Crippen LogP contribution is 2.34. The molecule has 8 nitrogen and oxygen atoms in total.